The minimum atomic E-state index is 0.0753. The maximum absolute atomic E-state index is 11.4. The lowest BCUT2D eigenvalue weighted by atomic mass is 10.0. The van der Waals surface area contributed by atoms with Crippen molar-refractivity contribution in [3.8, 4) is 0 Å². The molecule has 0 fully saturated rings. The van der Waals surface area contributed by atoms with Crippen molar-refractivity contribution in [2.75, 3.05) is 35.0 Å². The van der Waals surface area contributed by atoms with Gasteiger partial charge in [0.2, 0.25) is 5.91 Å². The first-order valence-corrected chi connectivity index (χ1v) is 8.36. The fraction of sp³-hybridized carbons (Fsp3) is 0.533. The highest BCUT2D eigenvalue weighted by atomic mass is 32.2. The smallest absolute Gasteiger partial charge is 0.224 e. The Labute approximate surface area is 125 Å². The van der Waals surface area contributed by atoms with E-state index in [1.165, 1.54) is 5.56 Å². The van der Waals surface area contributed by atoms with Crippen LogP contribution in [0.2, 0.25) is 0 Å². The number of nitrogens with one attached hydrogen (secondary N) is 1. The highest BCUT2D eigenvalue weighted by molar-refractivity contribution is 7.98. The van der Waals surface area contributed by atoms with E-state index in [1.807, 2.05) is 17.8 Å². The molecule has 3 N–H and O–H groups in total. The lowest BCUT2D eigenvalue weighted by Gasteiger charge is -2.30. The molecule has 0 aliphatic carbocycles. The fourth-order valence-electron chi connectivity index (χ4n) is 2.46. The summed E-state index contributed by atoms with van der Waals surface area (Å²) in [5.41, 5.74) is 10.00. The second kappa shape index (κ2) is 6.39. The van der Waals surface area contributed by atoms with Crippen LogP contribution < -0.4 is 16.0 Å². The summed E-state index contributed by atoms with van der Waals surface area (Å²) in [7, 11) is 2.09. The molecule has 20 heavy (non-hydrogen) atoms. The van der Waals surface area contributed by atoms with Crippen molar-refractivity contribution < 1.29 is 4.79 Å². The molecule has 110 valence electrons. The van der Waals surface area contributed by atoms with Gasteiger partial charge in [0.25, 0.3) is 0 Å². The number of aryl methyl sites for hydroxylation is 1. The summed E-state index contributed by atoms with van der Waals surface area (Å²) >= 11 is 1.86. The first-order chi connectivity index (χ1) is 9.52. The molecule has 0 radical (unpaired) electrons. The van der Waals surface area contributed by atoms with Gasteiger partial charge in [-0.1, -0.05) is 0 Å². The lowest BCUT2D eigenvalue weighted by molar-refractivity contribution is -0.116. The molecule has 0 bridgehead atoms. The molecule has 4 nitrogen and oxygen atoms in total. The van der Waals surface area contributed by atoms with E-state index in [2.05, 4.69) is 36.5 Å². The van der Waals surface area contributed by atoms with Crippen LogP contribution in [0.1, 0.15) is 25.3 Å². The summed E-state index contributed by atoms with van der Waals surface area (Å²) in [5.74, 6) is 1.22. The molecule has 1 heterocycles. The number of nitrogens with zero attached hydrogens (tertiary/aromatic N) is 1. The molecule has 1 amide bonds. The number of nitrogen functional groups attached to an aromatic ring is 1. The predicted molar refractivity (Wildman–Crippen MR) is 88.7 cm³/mol. The van der Waals surface area contributed by atoms with Crippen molar-refractivity contribution in [1.29, 1.82) is 0 Å². The fourth-order valence-corrected chi connectivity index (χ4v) is 3.03. The van der Waals surface area contributed by atoms with Crippen LogP contribution in [0.25, 0.3) is 0 Å². The Balaban J connectivity index is 2.22. The van der Waals surface area contributed by atoms with Crippen LogP contribution >= 0.6 is 11.8 Å². The van der Waals surface area contributed by atoms with Gasteiger partial charge in [0.15, 0.2) is 0 Å². The van der Waals surface area contributed by atoms with E-state index >= 15 is 0 Å². The van der Waals surface area contributed by atoms with Crippen LogP contribution in [0.3, 0.4) is 0 Å². The standard InChI is InChI=1S/C15H23N3OS/c1-10(6-7-20-3)18(2)14-8-11-4-5-15(19)17-13(11)9-12(14)16/h8-10H,4-7,16H2,1-3H3,(H,17,19). The topological polar surface area (TPSA) is 58.4 Å². The molecule has 2 rings (SSSR count). The summed E-state index contributed by atoms with van der Waals surface area (Å²) in [4.78, 5) is 13.7. The maximum Gasteiger partial charge on any atom is 0.224 e. The number of anilines is 3. The molecular formula is C15H23N3OS. The molecule has 1 aliphatic heterocycles. The van der Waals surface area contributed by atoms with Gasteiger partial charge in [-0.15, -0.1) is 0 Å². The Bertz CT molecular complexity index is 504. The van der Waals surface area contributed by atoms with E-state index in [1.54, 1.807) is 0 Å². The molecule has 1 atom stereocenters. The summed E-state index contributed by atoms with van der Waals surface area (Å²) in [6, 6.07) is 4.46. The zero-order valence-electron chi connectivity index (χ0n) is 12.4. The predicted octanol–water partition coefficient (Wildman–Crippen LogP) is 2.73. The second-order valence-electron chi connectivity index (χ2n) is 5.36. The van der Waals surface area contributed by atoms with Gasteiger partial charge in [0.1, 0.15) is 0 Å². The van der Waals surface area contributed by atoms with Crippen molar-refractivity contribution in [1.82, 2.24) is 0 Å². The third-order valence-corrected chi connectivity index (χ3v) is 4.57. The molecule has 5 heteroatoms. The van der Waals surface area contributed by atoms with Gasteiger partial charge >= 0.3 is 0 Å². The molecule has 1 aromatic rings. The van der Waals surface area contributed by atoms with Gasteiger partial charge < -0.3 is 16.0 Å². The average molecular weight is 293 g/mol. The SMILES string of the molecule is CSCCC(C)N(C)c1cc2c(cc1N)NC(=O)CC2. The number of nitrogens with two attached hydrogens (primary N) is 1. The Morgan fingerprint density at radius 2 is 2.20 bits per heavy atom. The quantitative estimate of drug-likeness (QED) is 0.820. The third-order valence-electron chi connectivity index (χ3n) is 3.93. The van der Waals surface area contributed by atoms with Crippen molar-refractivity contribution in [3.05, 3.63) is 17.7 Å². The molecule has 0 saturated carbocycles. The minimum absolute atomic E-state index is 0.0753. The number of benzene rings is 1. The number of rotatable bonds is 5. The third kappa shape index (κ3) is 3.20. The van der Waals surface area contributed by atoms with Crippen LogP contribution in [-0.2, 0) is 11.2 Å². The van der Waals surface area contributed by atoms with Crippen LogP contribution in [0.5, 0.6) is 0 Å². The van der Waals surface area contributed by atoms with E-state index in [4.69, 9.17) is 5.73 Å². The summed E-state index contributed by atoms with van der Waals surface area (Å²) < 4.78 is 0. The van der Waals surface area contributed by atoms with Crippen molar-refractivity contribution in [2.45, 2.75) is 32.2 Å². The number of hydrogen-bond acceptors (Lipinski definition) is 4. The number of amides is 1. The first kappa shape index (κ1) is 15.0. The first-order valence-electron chi connectivity index (χ1n) is 6.97. The highest BCUT2D eigenvalue weighted by Gasteiger charge is 2.19. The monoisotopic (exact) mass is 293 g/mol. The number of hydrogen-bond donors (Lipinski definition) is 2. The van der Waals surface area contributed by atoms with Gasteiger partial charge in [-0.3, -0.25) is 4.79 Å². The van der Waals surface area contributed by atoms with Gasteiger partial charge in [0, 0.05) is 25.2 Å². The Hall–Kier alpha value is -1.36. The van der Waals surface area contributed by atoms with Crippen LogP contribution in [0, 0.1) is 0 Å². The van der Waals surface area contributed by atoms with Crippen molar-refractivity contribution >= 4 is 34.7 Å². The Morgan fingerprint density at radius 3 is 2.90 bits per heavy atom. The average Bonchev–Trinajstić information content (AvgIpc) is 2.43. The zero-order chi connectivity index (χ0) is 14.7. The maximum atomic E-state index is 11.4. The summed E-state index contributed by atoms with van der Waals surface area (Å²) in [6.07, 6.45) is 4.61. The molecule has 1 aromatic carbocycles. The summed E-state index contributed by atoms with van der Waals surface area (Å²) in [6.45, 7) is 2.22. The molecule has 0 aromatic heterocycles. The lowest BCUT2D eigenvalue weighted by Crippen LogP contribution is -2.30. The molecule has 1 aliphatic rings. The van der Waals surface area contributed by atoms with Gasteiger partial charge in [0.05, 0.1) is 11.4 Å². The molecule has 1 unspecified atom stereocenters. The van der Waals surface area contributed by atoms with Crippen molar-refractivity contribution in [2.24, 2.45) is 0 Å². The zero-order valence-corrected chi connectivity index (χ0v) is 13.2. The number of carbonyl (C=O) groups excluding carboxylic acids is 1. The molecule has 0 spiro atoms. The largest absolute Gasteiger partial charge is 0.397 e. The Kier molecular flexibility index (Phi) is 4.81. The van der Waals surface area contributed by atoms with E-state index in [9.17, 15) is 4.79 Å². The normalized spacial score (nSPS) is 15.4. The number of fused-ring (bicyclic) bond motifs is 1. The van der Waals surface area contributed by atoms with E-state index < -0.39 is 0 Å². The number of thioether (sulfide) groups is 1. The van der Waals surface area contributed by atoms with E-state index in [-0.39, 0.29) is 5.91 Å². The van der Waals surface area contributed by atoms with E-state index in [0.717, 1.165) is 35.7 Å². The molecular weight excluding hydrogens is 270 g/mol. The second-order valence-corrected chi connectivity index (χ2v) is 6.34. The van der Waals surface area contributed by atoms with Gasteiger partial charge in [-0.25, -0.2) is 0 Å². The summed E-state index contributed by atoms with van der Waals surface area (Å²) in [5, 5.41) is 2.89. The minimum Gasteiger partial charge on any atom is -0.397 e. The molecule has 0 saturated heterocycles. The van der Waals surface area contributed by atoms with Crippen LogP contribution in [0.4, 0.5) is 17.1 Å². The highest BCUT2D eigenvalue weighted by Crippen LogP contribution is 2.33. The Morgan fingerprint density at radius 1 is 1.45 bits per heavy atom. The van der Waals surface area contributed by atoms with Crippen molar-refractivity contribution in [3.63, 3.8) is 0 Å². The number of carbonyl (C=O) groups is 1. The van der Waals surface area contributed by atoms with Gasteiger partial charge in [-0.05, 0) is 49.5 Å². The van der Waals surface area contributed by atoms with E-state index in [0.29, 0.717) is 12.5 Å². The van der Waals surface area contributed by atoms with Crippen LogP contribution in [0.15, 0.2) is 12.1 Å². The van der Waals surface area contributed by atoms with Gasteiger partial charge in [-0.2, -0.15) is 11.8 Å². The van der Waals surface area contributed by atoms with Crippen LogP contribution in [-0.4, -0.2) is 31.0 Å².